The zero-order valence-corrected chi connectivity index (χ0v) is 18.8. The molecule has 0 aliphatic carbocycles. The zero-order chi connectivity index (χ0) is 21.5. The minimum absolute atomic E-state index is 0.0838. The Morgan fingerprint density at radius 1 is 1.20 bits per heavy atom. The lowest BCUT2D eigenvalue weighted by Crippen LogP contribution is -2.23. The van der Waals surface area contributed by atoms with Gasteiger partial charge in [-0.3, -0.25) is 9.89 Å². The number of para-hydroxylation sites is 1. The fourth-order valence-corrected chi connectivity index (χ4v) is 3.65. The standard InChI is InChI=1S/C22H25ClN4O2S/c1-4-14(2)18-7-5-6-8-19(18)24-21(28)15(3)30-22-25-20(26-27-22)13-29-17-11-9-16(23)10-12-17/h5-12,14-15H,4,13H2,1-3H3,(H,24,28)(H,25,26,27). The van der Waals surface area contributed by atoms with Crippen LogP contribution in [-0.2, 0) is 11.4 Å². The number of benzene rings is 2. The largest absolute Gasteiger partial charge is 0.486 e. The van der Waals surface area contributed by atoms with Gasteiger partial charge in [-0.05, 0) is 55.2 Å². The van der Waals surface area contributed by atoms with Gasteiger partial charge < -0.3 is 10.1 Å². The maximum atomic E-state index is 12.7. The van der Waals surface area contributed by atoms with Crippen molar-refractivity contribution in [1.82, 2.24) is 15.2 Å². The number of hydrogen-bond donors (Lipinski definition) is 2. The minimum atomic E-state index is -0.351. The number of H-pyrrole nitrogens is 1. The summed E-state index contributed by atoms with van der Waals surface area (Å²) in [5.74, 6) is 1.57. The van der Waals surface area contributed by atoms with Crippen molar-refractivity contribution in [3.8, 4) is 5.75 Å². The number of aromatic nitrogens is 3. The number of nitrogens with zero attached hydrogens (tertiary/aromatic N) is 2. The van der Waals surface area contributed by atoms with Gasteiger partial charge in [0, 0.05) is 10.7 Å². The predicted octanol–water partition coefficient (Wildman–Crippen LogP) is 5.67. The third-order valence-electron chi connectivity index (χ3n) is 4.71. The molecule has 158 valence electrons. The normalized spacial score (nSPS) is 12.9. The summed E-state index contributed by atoms with van der Waals surface area (Å²) in [6.07, 6.45) is 1.01. The van der Waals surface area contributed by atoms with Crippen molar-refractivity contribution in [3.05, 3.63) is 64.9 Å². The molecule has 30 heavy (non-hydrogen) atoms. The summed E-state index contributed by atoms with van der Waals surface area (Å²) in [5, 5.41) is 10.9. The molecule has 2 atom stereocenters. The van der Waals surface area contributed by atoms with Crippen molar-refractivity contribution in [1.29, 1.82) is 0 Å². The molecule has 0 spiro atoms. The maximum absolute atomic E-state index is 12.7. The molecule has 0 aliphatic heterocycles. The average Bonchev–Trinajstić information content (AvgIpc) is 3.20. The van der Waals surface area contributed by atoms with Gasteiger partial charge in [0.15, 0.2) is 5.82 Å². The van der Waals surface area contributed by atoms with E-state index in [2.05, 4.69) is 40.4 Å². The van der Waals surface area contributed by atoms with E-state index in [4.69, 9.17) is 16.3 Å². The number of nitrogens with one attached hydrogen (secondary N) is 2. The van der Waals surface area contributed by atoms with Gasteiger partial charge in [-0.1, -0.05) is 55.4 Å². The van der Waals surface area contributed by atoms with Gasteiger partial charge in [-0.25, -0.2) is 4.98 Å². The van der Waals surface area contributed by atoms with Gasteiger partial charge >= 0.3 is 0 Å². The molecule has 1 aromatic heterocycles. The van der Waals surface area contributed by atoms with Crippen LogP contribution in [0.1, 0.15) is 44.5 Å². The summed E-state index contributed by atoms with van der Waals surface area (Å²) < 4.78 is 5.66. The second-order valence-corrected chi connectivity index (χ2v) is 8.70. The molecule has 1 amide bonds. The van der Waals surface area contributed by atoms with Crippen LogP contribution in [0, 0.1) is 0 Å². The van der Waals surface area contributed by atoms with E-state index in [-0.39, 0.29) is 17.8 Å². The fourth-order valence-electron chi connectivity index (χ4n) is 2.78. The van der Waals surface area contributed by atoms with E-state index in [1.165, 1.54) is 11.8 Å². The Morgan fingerprint density at radius 3 is 2.67 bits per heavy atom. The van der Waals surface area contributed by atoms with Crippen LogP contribution < -0.4 is 10.1 Å². The topological polar surface area (TPSA) is 79.9 Å². The van der Waals surface area contributed by atoms with Crippen LogP contribution in [0.2, 0.25) is 5.02 Å². The van der Waals surface area contributed by atoms with Crippen LogP contribution >= 0.6 is 23.4 Å². The Kier molecular flexibility index (Phi) is 7.76. The second kappa shape index (κ2) is 10.5. The van der Waals surface area contributed by atoms with Gasteiger partial charge in [0.25, 0.3) is 0 Å². The molecule has 0 saturated heterocycles. The summed E-state index contributed by atoms with van der Waals surface area (Å²) in [7, 11) is 0. The first-order chi connectivity index (χ1) is 14.5. The van der Waals surface area contributed by atoms with Crippen molar-refractivity contribution in [3.63, 3.8) is 0 Å². The Balaban J connectivity index is 1.55. The molecule has 2 unspecified atom stereocenters. The Labute approximate surface area is 185 Å². The summed E-state index contributed by atoms with van der Waals surface area (Å²) >= 11 is 7.17. The van der Waals surface area contributed by atoms with Crippen LogP contribution in [0.5, 0.6) is 5.75 Å². The van der Waals surface area contributed by atoms with E-state index in [9.17, 15) is 4.79 Å². The van der Waals surface area contributed by atoms with Crippen molar-refractivity contribution in [2.75, 3.05) is 5.32 Å². The Hall–Kier alpha value is -2.51. The number of halogens is 1. The molecular formula is C22H25ClN4O2S. The van der Waals surface area contributed by atoms with Crippen molar-refractivity contribution in [2.45, 2.75) is 50.1 Å². The van der Waals surface area contributed by atoms with Crippen molar-refractivity contribution in [2.24, 2.45) is 0 Å². The molecule has 2 N–H and O–H groups in total. The number of aromatic amines is 1. The average molecular weight is 445 g/mol. The molecule has 1 heterocycles. The highest BCUT2D eigenvalue weighted by atomic mass is 35.5. The summed E-state index contributed by atoms with van der Waals surface area (Å²) in [6, 6.07) is 15.0. The monoisotopic (exact) mass is 444 g/mol. The van der Waals surface area contributed by atoms with E-state index in [1.807, 2.05) is 25.1 Å². The number of ether oxygens (including phenoxy) is 1. The van der Waals surface area contributed by atoms with Crippen molar-refractivity contribution >= 4 is 35.0 Å². The van der Waals surface area contributed by atoms with E-state index in [0.717, 1.165) is 17.7 Å². The number of rotatable bonds is 9. The maximum Gasteiger partial charge on any atom is 0.237 e. The smallest absolute Gasteiger partial charge is 0.237 e. The van der Waals surface area contributed by atoms with Gasteiger partial charge in [0.05, 0.1) is 5.25 Å². The highest BCUT2D eigenvalue weighted by Crippen LogP contribution is 2.28. The first-order valence-electron chi connectivity index (χ1n) is 9.82. The number of hydrogen-bond acceptors (Lipinski definition) is 5. The zero-order valence-electron chi connectivity index (χ0n) is 17.2. The number of carbonyl (C=O) groups is 1. The SMILES string of the molecule is CCC(C)c1ccccc1NC(=O)C(C)Sc1n[nH]c(COc2ccc(Cl)cc2)n1. The second-order valence-electron chi connectivity index (χ2n) is 6.95. The molecule has 3 aromatic rings. The first-order valence-corrected chi connectivity index (χ1v) is 11.1. The summed E-state index contributed by atoms with van der Waals surface area (Å²) in [5.41, 5.74) is 2.00. The van der Waals surface area contributed by atoms with Crippen molar-refractivity contribution < 1.29 is 9.53 Å². The predicted molar refractivity (Wildman–Crippen MR) is 121 cm³/mol. The van der Waals surface area contributed by atoms with E-state index in [1.54, 1.807) is 24.3 Å². The number of thioether (sulfide) groups is 1. The van der Waals surface area contributed by atoms with Gasteiger partial charge in [-0.15, -0.1) is 5.10 Å². The molecule has 0 aliphatic rings. The van der Waals surface area contributed by atoms with Crippen LogP contribution in [-0.4, -0.2) is 26.3 Å². The third kappa shape index (κ3) is 6.00. The molecule has 0 bridgehead atoms. The highest BCUT2D eigenvalue weighted by Gasteiger charge is 2.19. The lowest BCUT2D eigenvalue weighted by Gasteiger charge is -2.17. The van der Waals surface area contributed by atoms with Crippen LogP contribution in [0.25, 0.3) is 0 Å². The van der Waals surface area contributed by atoms with Crippen LogP contribution in [0.3, 0.4) is 0 Å². The first kappa shape index (κ1) is 22.2. The number of carbonyl (C=O) groups excluding carboxylic acids is 1. The number of amides is 1. The Morgan fingerprint density at radius 2 is 1.93 bits per heavy atom. The number of anilines is 1. The van der Waals surface area contributed by atoms with E-state index >= 15 is 0 Å². The minimum Gasteiger partial charge on any atom is -0.486 e. The summed E-state index contributed by atoms with van der Waals surface area (Å²) in [4.78, 5) is 17.1. The fraction of sp³-hybridized carbons (Fsp3) is 0.318. The molecule has 6 nitrogen and oxygen atoms in total. The lowest BCUT2D eigenvalue weighted by molar-refractivity contribution is -0.115. The molecule has 0 radical (unpaired) electrons. The quantitative estimate of drug-likeness (QED) is 0.415. The van der Waals surface area contributed by atoms with Crippen LogP contribution in [0.15, 0.2) is 53.7 Å². The van der Waals surface area contributed by atoms with Gasteiger partial charge in [0.1, 0.15) is 12.4 Å². The highest BCUT2D eigenvalue weighted by molar-refractivity contribution is 8.00. The molecule has 8 heteroatoms. The molecule has 3 rings (SSSR count). The van der Waals surface area contributed by atoms with E-state index in [0.29, 0.717) is 27.7 Å². The van der Waals surface area contributed by atoms with Gasteiger partial charge in [-0.2, -0.15) is 0 Å². The van der Waals surface area contributed by atoms with E-state index < -0.39 is 0 Å². The lowest BCUT2D eigenvalue weighted by atomic mass is 9.97. The van der Waals surface area contributed by atoms with Crippen LogP contribution in [0.4, 0.5) is 5.69 Å². The summed E-state index contributed by atoms with van der Waals surface area (Å²) in [6.45, 7) is 6.38. The Bertz CT molecular complexity index is 977. The molecule has 2 aromatic carbocycles. The van der Waals surface area contributed by atoms with Gasteiger partial charge in [0.2, 0.25) is 11.1 Å². The molecular weight excluding hydrogens is 420 g/mol. The third-order valence-corrected chi connectivity index (χ3v) is 5.93. The molecule has 0 saturated carbocycles. The molecule has 0 fully saturated rings.